The van der Waals surface area contributed by atoms with Crippen LogP contribution < -0.4 is 4.90 Å². The predicted octanol–water partition coefficient (Wildman–Crippen LogP) is 6.08. The Morgan fingerprint density at radius 1 is 0.864 bits per heavy atom. The SMILES string of the molecule is C.Cc1ccc(Sc2ccccc2N2CCCCC2)c(C)c1. The molecule has 0 unspecified atom stereocenters. The lowest BCUT2D eigenvalue weighted by atomic mass is 10.1. The van der Waals surface area contributed by atoms with E-state index in [-0.39, 0.29) is 7.43 Å². The molecular weight excluding hydrogens is 286 g/mol. The Morgan fingerprint density at radius 3 is 2.32 bits per heavy atom. The highest BCUT2D eigenvalue weighted by molar-refractivity contribution is 7.99. The first kappa shape index (κ1) is 17.0. The zero-order valence-corrected chi connectivity index (χ0v) is 13.7. The monoisotopic (exact) mass is 313 g/mol. The molecule has 1 heterocycles. The first-order valence-corrected chi connectivity index (χ1v) is 8.65. The maximum Gasteiger partial charge on any atom is 0.0508 e. The molecule has 1 aliphatic heterocycles. The predicted molar refractivity (Wildman–Crippen MR) is 99.3 cm³/mol. The number of hydrogen-bond acceptors (Lipinski definition) is 2. The van der Waals surface area contributed by atoms with E-state index in [2.05, 4.69) is 61.2 Å². The Balaban J connectivity index is 0.00000176. The van der Waals surface area contributed by atoms with Crippen molar-refractivity contribution in [2.45, 2.75) is 50.3 Å². The van der Waals surface area contributed by atoms with E-state index in [9.17, 15) is 0 Å². The molecule has 0 radical (unpaired) electrons. The molecule has 0 bridgehead atoms. The number of aryl methyl sites for hydroxylation is 2. The van der Waals surface area contributed by atoms with Gasteiger partial charge in [0.15, 0.2) is 0 Å². The van der Waals surface area contributed by atoms with Gasteiger partial charge >= 0.3 is 0 Å². The van der Waals surface area contributed by atoms with Gasteiger partial charge in [-0.1, -0.05) is 49.0 Å². The normalized spacial score (nSPS) is 14.5. The largest absolute Gasteiger partial charge is 0.371 e. The minimum absolute atomic E-state index is 0. The van der Waals surface area contributed by atoms with E-state index in [4.69, 9.17) is 0 Å². The minimum Gasteiger partial charge on any atom is -0.371 e. The Labute approximate surface area is 139 Å². The summed E-state index contributed by atoms with van der Waals surface area (Å²) >= 11 is 1.90. The topological polar surface area (TPSA) is 3.24 Å². The molecule has 0 N–H and O–H groups in total. The standard InChI is InChI=1S/C19H23NS.CH4/c1-15-10-11-18(16(2)14-15)21-19-9-5-4-8-17(19)20-12-6-3-7-13-20;/h4-5,8-11,14H,3,6-7,12-13H2,1-2H3;1H4. The molecular formula is C20H27NS. The maximum atomic E-state index is 2.55. The van der Waals surface area contributed by atoms with Crippen molar-refractivity contribution in [2.75, 3.05) is 18.0 Å². The van der Waals surface area contributed by atoms with Gasteiger partial charge in [0.1, 0.15) is 0 Å². The van der Waals surface area contributed by atoms with Crippen LogP contribution in [0.15, 0.2) is 52.3 Å². The molecule has 3 rings (SSSR count). The number of piperidine rings is 1. The third-order valence-electron chi connectivity index (χ3n) is 4.11. The summed E-state index contributed by atoms with van der Waals surface area (Å²) in [6.07, 6.45) is 4.02. The quantitative estimate of drug-likeness (QED) is 0.675. The summed E-state index contributed by atoms with van der Waals surface area (Å²) in [6.45, 7) is 6.76. The van der Waals surface area contributed by atoms with Gasteiger partial charge in [-0.15, -0.1) is 0 Å². The zero-order valence-electron chi connectivity index (χ0n) is 12.9. The summed E-state index contributed by atoms with van der Waals surface area (Å²) in [7, 11) is 0. The molecule has 22 heavy (non-hydrogen) atoms. The van der Waals surface area contributed by atoms with Gasteiger partial charge in [0.2, 0.25) is 0 Å². The number of anilines is 1. The van der Waals surface area contributed by atoms with Gasteiger partial charge in [-0.05, 0) is 56.9 Å². The molecule has 0 aliphatic carbocycles. The number of rotatable bonds is 3. The van der Waals surface area contributed by atoms with Crippen LogP contribution in [0.4, 0.5) is 5.69 Å². The second-order valence-corrected chi connectivity index (χ2v) is 6.97. The van der Waals surface area contributed by atoms with Gasteiger partial charge in [0.05, 0.1) is 5.69 Å². The molecule has 1 fully saturated rings. The van der Waals surface area contributed by atoms with Crippen LogP contribution in [0.5, 0.6) is 0 Å². The van der Waals surface area contributed by atoms with Crippen molar-refractivity contribution in [3.8, 4) is 0 Å². The Bertz CT molecular complexity index is 615. The van der Waals surface area contributed by atoms with E-state index in [1.165, 1.54) is 59.0 Å². The number of hydrogen-bond donors (Lipinski definition) is 0. The average Bonchev–Trinajstić information content (AvgIpc) is 2.51. The number of benzene rings is 2. The second kappa shape index (κ2) is 7.73. The van der Waals surface area contributed by atoms with Gasteiger partial charge in [-0.2, -0.15) is 0 Å². The molecule has 1 saturated heterocycles. The molecule has 1 aliphatic rings. The molecule has 0 saturated carbocycles. The van der Waals surface area contributed by atoms with Crippen LogP contribution in [0.3, 0.4) is 0 Å². The highest BCUT2D eigenvalue weighted by Crippen LogP contribution is 2.37. The fourth-order valence-corrected chi connectivity index (χ4v) is 4.01. The molecule has 0 spiro atoms. The lowest BCUT2D eigenvalue weighted by molar-refractivity contribution is 0.575. The Morgan fingerprint density at radius 2 is 1.59 bits per heavy atom. The zero-order chi connectivity index (χ0) is 14.7. The molecule has 2 aromatic carbocycles. The van der Waals surface area contributed by atoms with Gasteiger partial charge in [0.25, 0.3) is 0 Å². The first-order chi connectivity index (χ1) is 10.2. The third-order valence-corrected chi connectivity index (χ3v) is 5.36. The summed E-state index contributed by atoms with van der Waals surface area (Å²) < 4.78 is 0. The summed E-state index contributed by atoms with van der Waals surface area (Å²) in [5.41, 5.74) is 4.11. The van der Waals surface area contributed by atoms with E-state index >= 15 is 0 Å². The average molecular weight is 314 g/mol. The van der Waals surface area contributed by atoms with Crippen LogP contribution in [-0.4, -0.2) is 13.1 Å². The second-order valence-electron chi connectivity index (χ2n) is 5.89. The Hall–Kier alpha value is -1.41. The number of para-hydroxylation sites is 1. The van der Waals surface area contributed by atoms with Crippen LogP contribution in [0, 0.1) is 13.8 Å². The first-order valence-electron chi connectivity index (χ1n) is 7.83. The fourth-order valence-electron chi connectivity index (χ4n) is 2.97. The molecule has 0 aromatic heterocycles. The summed E-state index contributed by atoms with van der Waals surface area (Å²) in [6, 6.07) is 15.6. The Kier molecular flexibility index (Phi) is 5.96. The fraction of sp³-hybridized carbons (Fsp3) is 0.400. The van der Waals surface area contributed by atoms with E-state index in [0.29, 0.717) is 0 Å². The molecule has 0 amide bonds. The smallest absolute Gasteiger partial charge is 0.0508 e. The van der Waals surface area contributed by atoms with Gasteiger partial charge in [0, 0.05) is 22.9 Å². The van der Waals surface area contributed by atoms with Crippen molar-refractivity contribution in [1.82, 2.24) is 0 Å². The van der Waals surface area contributed by atoms with Crippen molar-refractivity contribution >= 4 is 17.4 Å². The summed E-state index contributed by atoms with van der Waals surface area (Å²) in [4.78, 5) is 5.30. The van der Waals surface area contributed by atoms with Crippen LogP contribution in [0.2, 0.25) is 0 Å². The molecule has 2 aromatic rings. The molecule has 0 atom stereocenters. The van der Waals surface area contributed by atoms with Crippen molar-refractivity contribution < 1.29 is 0 Å². The third kappa shape index (κ3) is 3.86. The van der Waals surface area contributed by atoms with Crippen molar-refractivity contribution in [1.29, 1.82) is 0 Å². The van der Waals surface area contributed by atoms with Crippen molar-refractivity contribution in [3.63, 3.8) is 0 Å². The summed E-state index contributed by atoms with van der Waals surface area (Å²) in [5.74, 6) is 0. The molecule has 1 nitrogen and oxygen atoms in total. The van der Waals surface area contributed by atoms with Crippen LogP contribution in [-0.2, 0) is 0 Å². The van der Waals surface area contributed by atoms with Crippen LogP contribution in [0.25, 0.3) is 0 Å². The number of nitrogens with zero attached hydrogens (tertiary/aromatic N) is 1. The van der Waals surface area contributed by atoms with E-state index in [0.717, 1.165) is 0 Å². The van der Waals surface area contributed by atoms with Crippen molar-refractivity contribution in [2.24, 2.45) is 0 Å². The van der Waals surface area contributed by atoms with E-state index < -0.39 is 0 Å². The van der Waals surface area contributed by atoms with Crippen LogP contribution >= 0.6 is 11.8 Å². The summed E-state index contributed by atoms with van der Waals surface area (Å²) in [5, 5.41) is 0. The lowest BCUT2D eigenvalue weighted by Crippen LogP contribution is -2.29. The van der Waals surface area contributed by atoms with E-state index in [1.807, 2.05) is 11.8 Å². The van der Waals surface area contributed by atoms with E-state index in [1.54, 1.807) is 0 Å². The van der Waals surface area contributed by atoms with Crippen molar-refractivity contribution in [3.05, 3.63) is 53.6 Å². The maximum absolute atomic E-state index is 2.55. The molecule has 2 heteroatoms. The van der Waals surface area contributed by atoms with Crippen LogP contribution in [0.1, 0.15) is 37.8 Å². The van der Waals surface area contributed by atoms with Gasteiger partial charge in [-0.3, -0.25) is 0 Å². The van der Waals surface area contributed by atoms with Gasteiger partial charge in [-0.25, -0.2) is 0 Å². The lowest BCUT2D eigenvalue weighted by Gasteiger charge is -2.30. The molecule has 118 valence electrons. The highest BCUT2D eigenvalue weighted by atomic mass is 32.2. The minimum atomic E-state index is 0. The highest BCUT2D eigenvalue weighted by Gasteiger charge is 2.15. The van der Waals surface area contributed by atoms with Gasteiger partial charge < -0.3 is 4.90 Å².